The molecule has 2 saturated carbocycles. The maximum atomic E-state index is 12.4. The third-order valence-corrected chi connectivity index (χ3v) is 5.74. The van der Waals surface area contributed by atoms with Gasteiger partial charge in [-0.15, -0.1) is 0 Å². The van der Waals surface area contributed by atoms with Crippen LogP contribution in [0.4, 0.5) is 0 Å². The van der Waals surface area contributed by atoms with Gasteiger partial charge in [0.15, 0.2) is 5.78 Å². The summed E-state index contributed by atoms with van der Waals surface area (Å²) in [5.74, 6) is 2.63. The van der Waals surface area contributed by atoms with Gasteiger partial charge in [0.1, 0.15) is 0 Å². The van der Waals surface area contributed by atoms with Crippen LogP contribution < -0.4 is 0 Å². The lowest BCUT2D eigenvalue weighted by Crippen LogP contribution is -2.16. The van der Waals surface area contributed by atoms with Crippen LogP contribution in [0.25, 0.3) is 0 Å². The fraction of sp³-hybridized carbons (Fsp3) is 0.533. The SMILES string of the molecule is O=C(CC1CC2CCC1C2)c1cc(Cl)ccc1I. The predicted octanol–water partition coefficient (Wildman–Crippen LogP) is 4.95. The summed E-state index contributed by atoms with van der Waals surface area (Å²) in [6.07, 6.45) is 6.09. The monoisotopic (exact) mass is 374 g/mol. The van der Waals surface area contributed by atoms with Crippen LogP contribution in [0.15, 0.2) is 18.2 Å². The number of fused-ring (bicyclic) bond motifs is 2. The van der Waals surface area contributed by atoms with Gasteiger partial charge in [0.05, 0.1) is 0 Å². The first-order chi connectivity index (χ1) is 8.63. The summed E-state index contributed by atoms with van der Waals surface area (Å²) in [4.78, 5) is 12.4. The van der Waals surface area contributed by atoms with E-state index in [9.17, 15) is 4.79 Å². The molecule has 0 aromatic heterocycles. The highest BCUT2D eigenvalue weighted by Crippen LogP contribution is 2.49. The van der Waals surface area contributed by atoms with E-state index in [0.717, 1.165) is 27.4 Å². The third kappa shape index (κ3) is 2.46. The van der Waals surface area contributed by atoms with Gasteiger partial charge in [-0.25, -0.2) is 0 Å². The lowest BCUT2D eigenvalue weighted by Gasteiger charge is -2.21. The van der Waals surface area contributed by atoms with Crippen LogP contribution in [-0.2, 0) is 0 Å². The van der Waals surface area contributed by atoms with Crippen molar-refractivity contribution >= 4 is 40.0 Å². The average Bonchev–Trinajstić information content (AvgIpc) is 2.94. The number of rotatable bonds is 3. The molecule has 2 aliphatic carbocycles. The van der Waals surface area contributed by atoms with Gasteiger partial charge < -0.3 is 0 Å². The van der Waals surface area contributed by atoms with E-state index in [0.29, 0.717) is 10.9 Å². The number of carbonyl (C=O) groups is 1. The van der Waals surface area contributed by atoms with E-state index in [1.165, 1.54) is 25.7 Å². The molecule has 1 nitrogen and oxygen atoms in total. The zero-order valence-electron chi connectivity index (χ0n) is 10.2. The molecule has 0 aliphatic heterocycles. The normalized spacial score (nSPS) is 29.8. The van der Waals surface area contributed by atoms with E-state index in [1.807, 2.05) is 18.2 Å². The Bertz CT molecular complexity index is 485. The first-order valence-electron chi connectivity index (χ1n) is 6.61. The highest BCUT2D eigenvalue weighted by molar-refractivity contribution is 14.1. The van der Waals surface area contributed by atoms with Crippen molar-refractivity contribution in [2.45, 2.75) is 32.1 Å². The summed E-state index contributed by atoms with van der Waals surface area (Å²) in [6, 6.07) is 5.59. The molecule has 3 rings (SSSR count). The molecule has 3 heteroatoms. The molecule has 1 aromatic rings. The summed E-state index contributed by atoms with van der Waals surface area (Å²) in [6.45, 7) is 0. The smallest absolute Gasteiger partial charge is 0.164 e. The average molecular weight is 375 g/mol. The van der Waals surface area contributed by atoms with Crippen LogP contribution in [0.2, 0.25) is 5.02 Å². The minimum atomic E-state index is 0.277. The van der Waals surface area contributed by atoms with Gasteiger partial charge in [-0.05, 0) is 77.8 Å². The quantitative estimate of drug-likeness (QED) is 0.540. The van der Waals surface area contributed by atoms with Crippen molar-refractivity contribution in [3.05, 3.63) is 32.4 Å². The summed E-state index contributed by atoms with van der Waals surface area (Å²) < 4.78 is 1.02. The fourth-order valence-electron chi connectivity index (χ4n) is 3.69. The Morgan fingerprint density at radius 3 is 2.83 bits per heavy atom. The highest BCUT2D eigenvalue weighted by Gasteiger charge is 2.40. The van der Waals surface area contributed by atoms with Gasteiger partial charge >= 0.3 is 0 Å². The van der Waals surface area contributed by atoms with Gasteiger partial charge in [-0.3, -0.25) is 4.79 Å². The van der Waals surface area contributed by atoms with Crippen LogP contribution in [0.1, 0.15) is 42.5 Å². The molecule has 0 amide bonds. The van der Waals surface area contributed by atoms with Crippen LogP contribution in [0.5, 0.6) is 0 Å². The molecule has 3 unspecified atom stereocenters. The van der Waals surface area contributed by atoms with Crippen LogP contribution in [0, 0.1) is 21.3 Å². The summed E-state index contributed by atoms with van der Waals surface area (Å²) in [7, 11) is 0. The molecule has 0 saturated heterocycles. The molecular weight excluding hydrogens is 359 g/mol. The molecule has 1 aromatic carbocycles. The highest BCUT2D eigenvalue weighted by atomic mass is 127. The zero-order valence-corrected chi connectivity index (χ0v) is 13.1. The molecule has 96 valence electrons. The Kier molecular flexibility index (Phi) is 3.68. The molecule has 0 heterocycles. The van der Waals surface area contributed by atoms with E-state index in [-0.39, 0.29) is 5.78 Å². The number of hydrogen-bond donors (Lipinski definition) is 0. The van der Waals surface area contributed by atoms with Gasteiger partial charge in [0, 0.05) is 20.6 Å². The van der Waals surface area contributed by atoms with Crippen LogP contribution >= 0.6 is 34.2 Å². The summed E-state index contributed by atoms with van der Waals surface area (Å²) >= 11 is 8.21. The molecule has 2 aliphatic rings. The van der Waals surface area contributed by atoms with Crippen LogP contribution in [-0.4, -0.2) is 5.78 Å². The van der Waals surface area contributed by atoms with Crippen molar-refractivity contribution in [2.24, 2.45) is 17.8 Å². The van der Waals surface area contributed by atoms with Crippen molar-refractivity contribution in [3.8, 4) is 0 Å². The molecule has 0 spiro atoms. The Hall–Kier alpha value is -0.0900. The summed E-state index contributed by atoms with van der Waals surface area (Å²) in [5.41, 5.74) is 0.811. The Morgan fingerprint density at radius 2 is 2.17 bits per heavy atom. The molecule has 2 bridgehead atoms. The van der Waals surface area contributed by atoms with Gasteiger partial charge in [0.25, 0.3) is 0 Å². The second-order valence-corrected chi connectivity index (χ2v) is 7.29. The number of ketones is 1. The summed E-state index contributed by atoms with van der Waals surface area (Å²) in [5, 5.41) is 0.659. The third-order valence-electron chi connectivity index (χ3n) is 4.56. The van der Waals surface area contributed by atoms with E-state index < -0.39 is 0 Å². The standard InChI is InChI=1S/C15H16ClIO/c16-12-3-4-14(17)13(8-12)15(18)7-11-6-9-1-2-10(11)5-9/h3-4,8-11H,1-2,5-7H2. The van der Waals surface area contributed by atoms with Crippen molar-refractivity contribution in [1.82, 2.24) is 0 Å². The number of carbonyl (C=O) groups excluding carboxylic acids is 1. The number of halogens is 2. The number of benzene rings is 1. The number of Topliss-reactive ketones (excluding diaryl/α,β-unsaturated/α-hetero) is 1. The van der Waals surface area contributed by atoms with Crippen molar-refractivity contribution in [1.29, 1.82) is 0 Å². The van der Waals surface area contributed by atoms with E-state index in [1.54, 1.807) is 0 Å². The van der Waals surface area contributed by atoms with E-state index >= 15 is 0 Å². The molecule has 0 radical (unpaired) electrons. The second-order valence-electron chi connectivity index (χ2n) is 5.69. The maximum Gasteiger partial charge on any atom is 0.164 e. The largest absolute Gasteiger partial charge is 0.294 e. The molecule has 18 heavy (non-hydrogen) atoms. The van der Waals surface area contributed by atoms with Gasteiger partial charge in [-0.1, -0.05) is 18.0 Å². The molecular formula is C15H16ClIO. The Labute approximate surface area is 126 Å². The fourth-order valence-corrected chi connectivity index (χ4v) is 4.49. The van der Waals surface area contributed by atoms with Gasteiger partial charge in [-0.2, -0.15) is 0 Å². The second kappa shape index (κ2) is 5.12. The lowest BCUT2D eigenvalue weighted by atomic mass is 9.84. The van der Waals surface area contributed by atoms with Crippen molar-refractivity contribution in [3.63, 3.8) is 0 Å². The number of hydrogen-bond acceptors (Lipinski definition) is 1. The molecule has 3 atom stereocenters. The lowest BCUT2D eigenvalue weighted by molar-refractivity contribution is 0.0943. The molecule has 2 fully saturated rings. The van der Waals surface area contributed by atoms with E-state index in [4.69, 9.17) is 11.6 Å². The topological polar surface area (TPSA) is 17.1 Å². The zero-order chi connectivity index (χ0) is 12.7. The Morgan fingerprint density at radius 1 is 1.33 bits per heavy atom. The van der Waals surface area contributed by atoms with E-state index in [2.05, 4.69) is 22.6 Å². The first-order valence-corrected chi connectivity index (χ1v) is 8.07. The van der Waals surface area contributed by atoms with Crippen LogP contribution in [0.3, 0.4) is 0 Å². The maximum absolute atomic E-state index is 12.4. The first kappa shape index (κ1) is 12.9. The predicted molar refractivity (Wildman–Crippen MR) is 82.1 cm³/mol. The van der Waals surface area contributed by atoms with Gasteiger partial charge in [0.2, 0.25) is 0 Å². The minimum Gasteiger partial charge on any atom is -0.294 e. The van der Waals surface area contributed by atoms with Crippen molar-refractivity contribution in [2.75, 3.05) is 0 Å². The Balaban J connectivity index is 1.73. The minimum absolute atomic E-state index is 0.277. The van der Waals surface area contributed by atoms with Crippen molar-refractivity contribution < 1.29 is 4.79 Å². The molecule has 0 N–H and O–H groups in total.